The lowest BCUT2D eigenvalue weighted by Gasteiger charge is -2.06. The summed E-state index contributed by atoms with van der Waals surface area (Å²) in [7, 11) is 0. The minimum absolute atomic E-state index is 0.101. The highest BCUT2D eigenvalue weighted by Gasteiger charge is 2.07. The highest BCUT2D eigenvalue weighted by atomic mass is 35.5. The first kappa shape index (κ1) is 20.1. The number of ketones is 1. The van der Waals surface area contributed by atoms with E-state index in [1.54, 1.807) is 48.5 Å². The highest BCUT2D eigenvalue weighted by molar-refractivity contribution is 6.35. The lowest BCUT2D eigenvalue weighted by Crippen LogP contribution is -1.96. The third kappa shape index (κ3) is 4.85. The fourth-order valence-corrected chi connectivity index (χ4v) is 3.32. The van der Waals surface area contributed by atoms with Crippen LogP contribution in [0.2, 0.25) is 10.0 Å². The van der Waals surface area contributed by atoms with Gasteiger partial charge in [-0.15, -0.1) is 0 Å². The Morgan fingerprint density at radius 3 is 2.50 bits per heavy atom. The number of ether oxygens (including phenoxy) is 1. The normalized spacial score (nSPS) is 11.1. The van der Waals surface area contributed by atoms with Crippen molar-refractivity contribution in [3.05, 3.63) is 112 Å². The number of rotatable bonds is 7. The second-order valence-corrected chi connectivity index (χ2v) is 7.35. The molecule has 2 aromatic carbocycles. The van der Waals surface area contributed by atoms with Gasteiger partial charge < -0.3 is 13.7 Å². The molecule has 0 aliphatic rings. The molecule has 150 valence electrons. The minimum atomic E-state index is -0.101. The van der Waals surface area contributed by atoms with Gasteiger partial charge in [-0.25, -0.2) is 0 Å². The van der Waals surface area contributed by atoms with Crippen LogP contribution in [0.1, 0.15) is 21.9 Å². The van der Waals surface area contributed by atoms with Crippen LogP contribution in [0, 0.1) is 0 Å². The van der Waals surface area contributed by atoms with Crippen LogP contribution in [-0.2, 0) is 6.61 Å². The fraction of sp³-hybridized carbons (Fsp3) is 0.0417. The summed E-state index contributed by atoms with van der Waals surface area (Å²) in [6.07, 6.45) is 7.04. The first-order chi connectivity index (χ1) is 14.6. The lowest BCUT2D eigenvalue weighted by atomic mass is 10.1. The van der Waals surface area contributed by atoms with Gasteiger partial charge in [0.15, 0.2) is 5.78 Å². The molecule has 0 radical (unpaired) electrons. The number of hydrogen-bond acceptors (Lipinski definition) is 3. The Kier molecular flexibility index (Phi) is 6.07. The van der Waals surface area contributed by atoms with Crippen LogP contribution in [0.25, 0.3) is 11.8 Å². The van der Waals surface area contributed by atoms with Gasteiger partial charge in [0.1, 0.15) is 23.9 Å². The van der Waals surface area contributed by atoms with Crippen LogP contribution in [0.3, 0.4) is 0 Å². The molecule has 0 amide bonds. The molecule has 0 saturated heterocycles. The van der Waals surface area contributed by atoms with E-state index < -0.39 is 0 Å². The van der Waals surface area contributed by atoms with Crippen LogP contribution in [0.5, 0.6) is 5.75 Å². The maximum atomic E-state index is 12.4. The quantitative estimate of drug-likeness (QED) is 0.234. The molecule has 0 N–H and O–H groups in total. The minimum Gasteiger partial charge on any atom is -0.484 e. The van der Waals surface area contributed by atoms with Gasteiger partial charge in [0.05, 0.1) is 5.02 Å². The van der Waals surface area contributed by atoms with E-state index in [0.29, 0.717) is 32.9 Å². The summed E-state index contributed by atoms with van der Waals surface area (Å²) in [5.74, 6) is 1.60. The van der Waals surface area contributed by atoms with Gasteiger partial charge in [-0.1, -0.05) is 23.2 Å². The Morgan fingerprint density at radius 2 is 1.77 bits per heavy atom. The summed E-state index contributed by atoms with van der Waals surface area (Å²) in [5.41, 5.74) is 1.60. The van der Waals surface area contributed by atoms with E-state index in [9.17, 15) is 4.79 Å². The second-order valence-electron chi connectivity index (χ2n) is 6.50. The predicted octanol–water partition coefficient (Wildman–Crippen LogP) is 6.85. The second kappa shape index (κ2) is 9.08. The van der Waals surface area contributed by atoms with E-state index in [2.05, 4.69) is 0 Å². The summed E-state index contributed by atoms with van der Waals surface area (Å²) in [5, 5.41) is 0.976. The smallest absolute Gasteiger partial charge is 0.185 e. The number of aromatic nitrogens is 1. The van der Waals surface area contributed by atoms with E-state index in [1.807, 2.05) is 41.2 Å². The first-order valence-electron chi connectivity index (χ1n) is 9.21. The van der Waals surface area contributed by atoms with Crippen molar-refractivity contribution in [1.82, 2.24) is 4.57 Å². The Hall–Kier alpha value is -3.21. The van der Waals surface area contributed by atoms with Gasteiger partial charge in [-0.05, 0) is 78.9 Å². The largest absolute Gasteiger partial charge is 0.484 e. The third-order valence-electron chi connectivity index (χ3n) is 4.40. The van der Waals surface area contributed by atoms with Gasteiger partial charge in [-0.2, -0.15) is 0 Å². The number of nitrogens with zero attached hydrogens (tertiary/aromatic N) is 1. The highest BCUT2D eigenvalue weighted by Crippen LogP contribution is 2.28. The molecule has 30 heavy (non-hydrogen) atoms. The van der Waals surface area contributed by atoms with Gasteiger partial charge in [-0.3, -0.25) is 4.79 Å². The summed E-state index contributed by atoms with van der Waals surface area (Å²) < 4.78 is 13.3. The maximum Gasteiger partial charge on any atom is 0.185 e. The van der Waals surface area contributed by atoms with Crippen LogP contribution in [0.4, 0.5) is 0 Å². The van der Waals surface area contributed by atoms with Crippen LogP contribution in [0.15, 0.2) is 89.6 Å². The van der Waals surface area contributed by atoms with Crippen molar-refractivity contribution in [3.8, 4) is 11.4 Å². The maximum absolute atomic E-state index is 12.4. The van der Waals surface area contributed by atoms with Crippen molar-refractivity contribution in [1.29, 1.82) is 0 Å². The van der Waals surface area contributed by atoms with Crippen molar-refractivity contribution in [3.63, 3.8) is 0 Å². The number of halogens is 2. The zero-order valence-corrected chi connectivity index (χ0v) is 17.3. The van der Waals surface area contributed by atoms with Crippen molar-refractivity contribution in [2.24, 2.45) is 0 Å². The molecular formula is C24H17Cl2NO3. The van der Waals surface area contributed by atoms with Crippen molar-refractivity contribution >= 4 is 35.1 Å². The summed E-state index contributed by atoms with van der Waals surface area (Å²) >= 11 is 12.0. The average molecular weight is 438 g/mol. The molecule has 0 atom stereocenters. The number of carbonyl (C=O) groups is 1. The van der Waals surface area contributed by atoms with Gasteiger partial charge in [0.2, 0.25) is 0 Å². The topological polar surface area (TPSA) is 44.4 Å². The Labute approximate surface area is 183 Å². The molecule has 6 heteroatoms. The van der Waals surface area contributed by atoms with Gasteiger partial charge in [0.25, 0.3) is 0 Å². The molecule has 0 aliphatic heterocycles. The van der Waals surface area contributed by atoms with Gasteiger partial charge >= 0.3 is 0 Å². The van der Waals surface area contributed by atoms with Gasteiger partial charge in [0, 0.05) is 28.7 Å². The number of hydrogen-bond donors (Lipinski definition) is 0. The molecule has 4 nitrogen and oxygen atoms in total. The number of furan rings is 1. The molecule has 0 bridgehead atoms. The molecule has 0 saturated carbocycles. The summed E-state index contributed by atoms with van der Waals surface area (Å²) in [4.78, 5) is 12.4. The Bertz CT molecular complexity index is 1180. The predicted molar refractivity (Wildman–Crippen MR) is 119 cm³/mol. The molecule has 4 rings (SSSR count). The molecule has 0 fully saturated rings. The zero-order chi connectivity index (χ0) is 20.9. The van der Waals surface area contributed by atoms with E-state index >= 15 is 0 Å². The van der Waals surface area contributed by atoms with Crippen molar-refractivity contribution in [2.45, 2.75) is 6.61 Å². The van der Waals surface area contributed by atoms with Crippen LogP contribution < -0.4 is 4.74 Å². The third-order valence-corrected chi connectivity index (χ3v) is 4.93. The average Bonchev–Trinajstić information content (AvgIpc) is 3.44. The number of carbonyl (C=O) groups excluding carboxylic acids is 1. The molecule has 2 heterocycles. The Morgan fingerprint density at radius 1 is 1.00 bits per heavy atom. The molecule has 0 unspecified atom stereocenters. The van der Waals surface area contributed by atoms with E-state index in [-0.39, 0.29) is 12.4 Å². The standard InChI is InChI=1S/C24H17Cl2NO3/c25-18-5-12-24(22(26)15-18)29-16-21-9-8-20(30-21)10-11-23(28)17-3-6-19(7-4-17)27-13-1-2-14-27/h1-15H,16H2/b11-10+. The first-order valence-corrected chi connectivity index (χ1v) is 9.96. The monoisotopic (exact) mass is 437 g/mol. The zero-order valence-electron chi connectivity index (χ0n) is 15.8. The molecule has 2 aromatic heterocycles. The number of allylic oxidation sites excluding steroid dienone is 1. The van der Waals surface area contributed by atoms with Crippen molar-refractivity contribution < 1.29 is 13.9 Å². The van der Waals surface area contributed by atoms with E-state index in [0.717, 1.165) is 5.69 Å². The lowest BCUT2D eigenvalue weighted by molar-refractivity contribution is 0.104. The molecular weight excluding hydrogens is 421 g/mol. The van der Waals surface area contributed by atoms with Crippen molar-refractivity contribution in [2.75, 3.05) is 0 Å². The van der Waals surface area contributed by atoms with Crippen LogP contribution in [-0.4, -0.2) is 10.4 Å². The summed E-state index contributed by atoms with van der Waals surface area (Å²) in [6.45, 7) is 0.212. The molecule has 0 aliphatic carbocycles. The fourth-order valence-electron chi connectivity index (χ4n) is 2.86. The molecule has 4 aromatic rings. The van der Waals surface area contributed by atoms with Crippen LogP contribution >= 0.6 is 23.2 Å². The summed E-state index contributed by atoms with van der Waals surface area (Å²) in [6, 6.07) is 19.9. The number of benzene rings is 2. The van der Waals surface area contributed by atoms with E-state index in [4.69, 9.17) is 32.4 Å². The SMILES string of the molecule is O=C(/C=C/c1ccc(COc2ccc(Cl)cc2Cl)o1)c1ccc(-n2cccc2)cc1. The molecule has 0 spiro atoms. The van der Waals surface area contributed by atoms with E-state index in [1.165, 1.54) is 6.08 Å². The Balaban J connectivity index is 1.36.